The molecule has 0 spiro atoms. The number of hydrogen-bond acceptors (Lipinski definition) is 13. The summed E-state index contributed by atoms with van der Waals surface area (Å²) in [4.78, 5) is 17.8. The van der Waals surface area contributed by atoms with Gasteiger partial charge >= 0.3 is 0 Å². The highest BCUT2D eigenvalue weighted by molar-refractivity contribution is 7.89. The van der Waals surface area contributed by atoms with Gasteiger partial charge in [0.25, 0.3) is 0 Å². The normalized spacial score (nSPS) is 12.7. The van der Waals surface area contributed by atoms with E-state index in [1.165, 1.54) is 15.6 Å². The predicted octanol–water partition coefficient (Wildman–Crippen LogP) is 15.3. The molecule has 0 saturated carbocycles. The first kappa shape index (κ1) is 51.0. The lowest BCUT2D eigenvalue weighted by Gasteiger charge is -2.27. The molecule has 1 N–H and O–H groups in total. The zero-order chi connectivity index (χ0) is 51.1. The van der Waals surface area contributed by atoms with E-state index < -0.39 is 15.4 Å². The molecule has 0 bridgehead atoms. The van der Waals surface area contributed by atoms with Crippen LogP contribution in [0.5, 0.6) is 0 Å². The van der Waals surface area contributed by atoms with Crippen LogP contribution in [0.4, 0.5) is 39.6 Å². The van der Waals surface area contributed by atoms with Crippen LogP contribution in [0.1, 0.15) is 111 Å². The number of nitrogens with zero attached hydrogens (tertiary/aromatic N) is 10. The van der Waals surface area contributed by atoms with Crippen LogP contribution in [0, 0.1) is 65.7 Å². The number of azo groups is 1. The molecule has 0 aliphatic heterocycles. The van der Waals surface area contributed by atoms with Crippen LogP contribution >= 0.6 is 22.7 Å². The molecule has 0 amide bonds. The van der Waals surface area contributed by atoms with Gasteiger partial charge in [0, 0.05) is 24.7 Å². The van der Waals surface area contributed by atoms with Crippen molar-refractivity contribution in [2.24, 2.45) is 16.1 Å². The van der Waals surface area contributed by atoms with Gasteiger partial charge in [0.05, 0.1) is 36.7 Å². The zero-order valence-corrected chi connectivity index (χ0v) is 45.5. The molecule has 0 radical (unpaired) electrons. The van der Waals surface area contributed by atoms with Gasteiger partial charge in [0.2, 0.25) is 15.2 Å². The minimum absolute atomic E-state index is 0.195. The molecule has 0 fully saturated rings. The number of thiazole rings is 2. The minimum atomic E-state index is -3.79. The summed E-state index contributed by atoms with van der Waals surface area (Å²) in [6, 6.07) is 26.2. The number of sulfonamides is 1. The molecule has 8 aromatic rings. The van der Waals surface area contributed by atoms with Crippen molar-refractivity contribution < 1.29 is 8.42 Å². The monoisotopic (exact) mass is 1010 g/mol. The fourth-order valence-electron chi connectivity index (χ4n) is 9.32. The number of aromatic nitrogens is 5. The first-order chi connectivity index (χ1) is 33.7. The van der Waals surface area contributed by atoms with Gasteiger partial charge in [-0.2, -0.15) is 15.0 Å². The largest absolute Gasteiger partial charge is 0.338 e. The molecule has 1 unspecified atom stereocenters. The van der Waals surface area contributed by atoms with E-state index in [1.807, 2.05) is 52.0 Å². The molecule has 8 rings (SSSR count). The summed E-state index contributed by atoms with van der Waals surface area (Å²) in [5.41, 5.74) is 11.4. The molecule has 71 heavy (non-hydrogen) atoms. The first-order valence-electron chi connectivity index (χ1n) is 24.1. The summed E-state index contributed by atoms with van der Waals surface area (Å²) in [6.45, 7) is 25.3. The van der Waals surface area contributed by atoms with Crippen molar-refractivity contribution in [3.63, 3.8) is 0 Å². The van der Waals surface area contributed by atoms with Gasteiger partial charge in [-0.3, -0.25) is 4.90 Å². The second-order valence-electron chi connectivity index (χ2n) is 19.8. The fourth-order valence-corrected chi connectivity index (χ4v) is 12.6. The number of rotatable bonds is 16. The van der Waals surface area contributed by atoms with Gasteiger partial charge in [0.15, 0.2) is 16.8 Å². The summed E-state index contributed by atoms with van der Waals surface area (Å²) in [7, 11) is -2.13. The second kappa shape index (κ2) is 20.4. The van der Waals surface area contributed by atoms with Crippen LogP contribution in [0.15, 0.2) is 87.9 Å². The van der Waals surface area contributed by atoms with Crippen molar-refractivity contribution in [1.82, 2.24) is 29.0 Å². The van der Waals surface area contributed by atoms with E-state index in [-0.39, 0.29) is 22.2 Å². The van der Waals surface area contributed by atoms with Crippen molar-refractivity contribution in [3.05, 3.63) is 123 Å². The topological polar surface area (TPSA) is 158 Å². The van der Waals surface area contributed by atoms with E-state index in [0.29, 0.717) is 44.9 Å². The summed E-state index contributed by atoms with van der Waals surface area (Å²) >= 11 is 2.88. The van der Waals surface area contributed by atoms with Gasteiger partial charge in [-0.05, 0) is 125 Å². The summed E-state index contributed by atoms with van der Waals surface area (Å²) < 4.78 is 32.7. The maximum atomic E-state index is 14.0. The molecule has 16 heteroatoms. The quantitative estimate of drug-likeness (QED) is 0.0930. The molecule has 4 aromatic heterocycles. The molecule has 4 aromatic carbocycles. The van der Waals surface area contributed by atoms with E-state index >= 15 is 0 Å². The van der Waals surface area contributed by atoms with E-state index in [9.17, 15) is 13.7 Å². The highest BCUT2D eigenvalue weighted by Gasteiger charge is 2.31. The van der Waals surface area contributed by atoms with Crippen molar-refractivity contribution in [2.75, 3.05) is 23.8 Å². The summed E-state index contributed by atoms with van der Waals surface area (Å²) in [5, 5.41) is 30.6. The van der Waals surface area contributed by atoms with Crippen molar-refractivity contribution in [3.8, 4) is 11.2 Å². The highest BCUT2D eigenvalue weighted by atomic mass is 32.2. The Morgan fingerprint density at radius 3 is 2.10 bits per heavy atom. The lowest BCUT2D eigenvalue weighted by molar-refractivity contribution is 0.350. The number of fused-ring (bicyclic) bond motifs is 2. The third kappa shape index (κ3) is 10.4. The predicted molar refractivity (Wildman–Crippen MR) is 292 cm³/mol. The minimum Gasteiger partial charge on any atom is -0.338 e. The first-order valence-corrected chi connectivity index (χ1v) is 27.2. The Morgan fingerprint density at radius 1 is 0.803 bits per heavy atom. The highest BCUT2D eigenvalue weighted by Crippen LogP contribution is 2.46. The van der Waals surface area contributed by atoms with Gasteiger partial charge in [0.1, 0.15) is 23.1 Å². The summed E-state index contributed by atoms with van der Waals surface area (Å²) in [6.07, 6.45) is 4.02. The maximum Gasteiger partial charge on any atom is 0.242 e. The van der Waals surface area contributed by atoms with Crippen LogP contribution in [0.2, 0.25) is 0 Å². The molecule has 368 valence electrons. The number of hydrogen-bond donors (Lipinski definition) is 1. The van der Waals surface area contributed by atoms with Crippen LogP contribution in [-0.2, 0) is 15.4 Å². The average Bonchev–Trinajstić information content (AvgIpc) is 4.04. The maximum absolute atomic E-state index is 14.0. The fraction of sp³-hybridized carbons (Fsp3) is 0.364. The van der Waals surface area contributed by atoms with Crippen molar-refractivity contribution >= 4 is 92.8 Å². The molecule has 0 aliphatic rings. The van der Waals surface area contributed by atoms with Crippen LogP contribution in [0.25, 0.3) is 25.6 Å². The number of aryl methyl sites for hydroxylation is 7. The number of unbranched alkanes of at least 4 members (excludes halogenated alkanes) is 1. The Bertz CT molecular complexity index is 3420. The Balaban J connectivity index is 1.28. The third-order valence-corrected chi connectivity index (χ3v) is 16.7. The number of pyridine rings is 1. The number of benzene rings is 4. The Hall–Kier alpha value is -6.38. The van der Waals surface area contributed by atoms with Gasteiger partial charge < -0.3 is 5.32 Å². The molecular formula is C55H63N11O2S3. The lowest BCUT2D eigenvalue weighted by Crippen LogP contribution is -2.31. The standard InChI is InChI=1S/C55H63N11O2S3/c1-14-16-19-39(15-2)31-64(13)71(67,68)40-22-23-43-45(29-40)70-54(58-43)66-52(41(30-56)50(63-66)55(10,11)12)62-61-48-36(7)28-46(59-51(48)60-47-34(5)24-32(3)25-35(47)6)65(49-37(8)26-33(4)27-38(49)9)53-57-42-20-17-18-21-44(42)69-53/h17-18,20-29,39H,14-16,19,31H2,1-13H3,(H,59,60). The van der Waals surface area contributed by atoms with E-state index in [4.69, 9.17) is 30.3 Å². The van der Waals surface area contributed by atoms with Crippen molar-refractivity contribution in [1.29, 1.82) is 5.26 Å². The van der Waals surface area contributed by atoms with E-state index in [1.54, 1.807) is 41.3 Å². The molecule has 0 saturated heterocycles. The molecular weight excluding hydrogens is 943 g/mol. The number of nitriles is 1. The molecule has 1 atom stereocenters. The van der Waals surface area contributed by atoms with Gasteiger partial charge in [-0.1, -0.05) is 124 Å². The Morgan fingerprint density at radius 2 is 1.46 bits per heavy atom. The molecule has 13 nitrogen and oxygen atoms in total. The number of para-hydroxylation sites is 1. The van der Waals surface area contributed by atoms with Crippen LogP contribution < -0.4 is 10.2 Å². The van der Waals surface area contributed by atoms with Gasteiger partial charge in [-0.25, -0.2) is 27.7 Å². The summed E-state index contributed by atoms with van der Waals surface area (Å²) in [5.74, 6) is 1.57. The van der Waals surface area contributed by atoms with Crippen LogP contribution in [0.3, 0.4) is 0 Å². The molecule has 4 heterocycles. The third-order valence-electron chi connectivity index (χ3n) is 12.9. The van der Waals surface area contributed by atoms with Crippen LogP contribution in [-0.4, -0.2) is 51.0 Å². The second-order valence-corrected chi connectivity index (χ2v) is 23.9. The van der Waals surface area contributed by atoms with E-state index in [0.717, 1.165) is 91.4 Å². The smallest absolute Gasteiger partial charge is 0.242 e. The lowest BCUT2D eigenvalue weighted by atomic mass is 9.90. The van der Waals surface area contributed by atoms with Crippen molar-refractivity contribution in [2.45, 2.75) is 119 Å². The number of anilines is 5. The van der Waals surface area contributed by atoms with E-state index in [2.05, 4.69) is 102 Å². The number of nitrogens with one attached hydrogen (secondary N) is 1. The van der Waals surface area contributed by atoms with Gasteiger partial charge in [-0.15, -0.1) is 10.2 Å². The zero-order valence-electron chi connectivity index (χ0n) is 43.1. The molecule has 0 aliphatic carbocycles. The Kier molecular flexibility index (Phi) is 14.6. The SMILES string of the molecule is CCCCC(CC)CN(C)S(=O)(=O)c1ccc2nc(-n3nc(C(C)(C)C)c(C#N)c3N=Nc3c(C)cc(N(c4nc5ccccc5s4)c4c(C)cc(C)cc4C)nc3Nc3c(C)cc(C)cc3C)sc2c1. The average molecular weight is 1010 g/mol. The Labute approximate surface area is 426 Å².